The Morgan fingerprint density at radius 3 is 1.48 bits per heavy atom. The van der Waals surface area contributed by atoms with Gasteiger partial charge in [0.05, 0.1) is 0 Å². The summed E-state index contributed by atoms with van der Waals surface area (Å²) in [5.41, 5.74) is 6.14. The number of benzene rings is 1. The molecule has 4 fully saturated rings. The van der Waals surface area contributed by atoms with Crippen LogP contribution >= 0.6 is 0 Å². The molecule has 21 heavy (non-hydrogen) atoms. The van der Waals surface area contributed by atoms with Crippen molar-refractivity contribution in [3.05, 3.63) is 34.9 Å². The van der Waals surface area contributed by atoms with Crippen LogP contribution in [0.4, 0.5) is 0 Å². The maximum Gasteiger partial charge on any atom is -0.00439 e. The summed E-state index contributed by atoms with van der Waals surface area (Å²) < 4.78 is 0. The van der Waals surface area contributed by atoms with E-state index in [0.29, 0.717) is 10.8 Å². The SMILES string of the molecule is Cc1cc(C23CCC(CC2)C3)cc(C23CCC(CC2)C3)c1. The second-order valence-corrected chi connectivity index (χ2v) is 8.94. The van der Waals surface area contributed by atoms with Crippen LogP contribution in [0.2, 0.25) is 0 Å². The van der Waals surface area contributed by atoms with E-state index in [1.165, 1.54) is 69.8 Å². The van der Waals surface area contributed by atoms with Crippen LogP contribution in [0.3, 0.4) is 0 Å². The molecule has 4 aliphatic rings. The molecule has 0 aromatic heterocycles. The van der Waals surface area contributed by atoms with Crippen molar-refractivity contribution in [1.29, 1.82) is 0 Å². The zero-order chi connectivity index (χ0) is 14.1. The fourth-order valence-electron chi connectivity index (χ4n) is 6.59. The molecule has 0 aliphatic heterocycles. The highest BCUT2D eigenvalue weighted by Gasteiger charge is 2.48. The first-order valence-corrected chi connectivity index (χ1v) is 9.30. The van der Waals surface area contributed by atoms with Crippen LogP contribution in [0, 0.1) is 18.8 Å². The van der Waals surface area contributed by atoms with Gasteiger partial charge in [0.1, 0.15) is 0 Å². The summed E-state index contributed by atoms with van der Waals surface area (Å²) >= 11 is 0. The van der Waals surface area contributed by atoms with Crippen LogP contribution in [-0.2, 0) is 10.8 Å². The van der Waals surface area contributed by atoms with Crippen LogP contribution in [0.15, 0.2) is 18.2 Å². The Hall–Kier alpha value is -0.780. The number of rotatable bonds is 2. The third-order valence-electron chi connectivity index (χ3n) is 7.79. The molecule has 0 N–H and O–H groups in total. The van der Waals surface area contributed by atoms with Crippen molar-refractivity contribution in [2.24, 2.45) is 11.8 Å². The van der Waals surface area contributed by atoms with Crippen molar-refractivity contribution >= 4 is 0 Å². The third-order valence-corrected chi connectivity index (χ3v) is 7.79. The van der Waals surface area contributed by atoms with Crippen LogP contribution in [0.1, 0.15) is 80.9 Å². The van der Waals surface area contributed by atoms with Gasteiger partial charge in [-0.1, -0.05) is 23.8 Å². The zero-order valence-electron chi connectivity index (χ0n) is 13.5. The minimum atomic E-state index is 0.582. The average molecular weight is 280 g/mol. The quantitative estimate of drug-likeness (QED) is 0.656. The van der Waals surface area contributed by atoms with Crippen molar-refractivity contribution in [3.8, 4) is 0 Å². The molecule has 0 spiro atoms. The van der Waals surface area contributed by atoms with Gasteiger partial charge in [-0.05, 0) is 105 Å². The van der Waals surface area contributed by atoms with Gasteiger partial charge in [-0.2, -0.15) is 0 Å². The normalized spacial score (nSPS) is 43.9. The van der Waals surface area contributed by atoms with Gasteiger partial charge in [0.25, 0.3) is 0 Å². The van der Waals surface area contributed by atoms with E-state index in [0.717, 1.165) is 11.8 Å². The largest absolute Gasteiger partial charge is 0.0555 e. The lowest BCUT2D eigenvalue weighted by molar-refractivity contribution is 0.407. The Labute approximate surface area is 129 Å². The summed E-state index contributed by atoms with van der Waals surface area (Å²) in [5.74, 6) is 2.10. The minimum absolute atomic E-state index is 0.582. The molecular formula is C21H28. The number of hydrogen-bond donors (Lipinski definition) is 0. The minimum Gasteiger partial charge on any atom is -0.0555 e. The summed E-state index contributed by atoms with van der Waals surface area (Å²) in [4.78, 5) is 0. The molecule has 1 aromatic carbocycles. The van der Waals surface area contributed by atoms with E-state index in [1.807, 2.05) is 0 Å². The molecule has 5 rings (SSSR count). The van der Waals surface area contributed by atoms with Crippen molar-refractivity contribution in [3.63, 3.8) is 0 Å². The van der Waals surface area contributed by atoms with Gasteiger partial charge in [0, 0.05) is 0 Å². The lowest BCUT2D eigenvalue weighted by atomic mass is 9.72. The monoisotopic (exact) mass is 280 g/mol. The molecule has 0 radical (unpaired) electrons. The molecule has 112 valence electrons. The van der Waals surface area contributed by atoms with Crippen LogP contribution in [0.25, 0.3) is 0 Å². The van der Waals surface area contributed by atoms with Crippen molar-refractivity contribution < 1.29 is 0 Å². The maximum absolute atomic E-state index is 2.68. The Kier molecular flexibility index (Phi) is 2.52. The predicted molar refractivity (Wildman–Crippen MR) is 87.7 cm³/mol. The summed E-state index contributed by atoms with van der Waals surface area (Å²) in [7, 11) is 0. The van der Waals surface area contributed by atoms with Crippen molar-refractivity contribution in [2.45, 2.75) is 82.0 Å². The van der Waals surface area contributed by atoms with Gasteiger partial charge in [0.15, 0.2) is 0 Å². The summed E-state index contributed by atoms with van der Waals surface area (Å²) in [6, 6.07) is 7.75. The van der Waals surface area contributed by atoms with Gasteiger partial charge in [-0.3, -0.25) is 0 Å². The molecule has 4 aliphatic carbocycles. The topological polar surface area (TPSA) is 0 Å². The molecular weight excluding hydrogens is 252 g/mol. The van der Waals surface area contributed by atoms with E-state index in [2.05, 4.69) is 25.1 Å². The second kappa shape index (κ2) is 4.15. The summed E-state index contributed by atoms with van der Waals surface area (Å²) in [6.45, 7) is 2.34. The first-order chi connectivity index (χ1) is 10.2. The fraction of sp³-hybridized carbons (Fsp3) is 0.714. The first-order valence-electron chi connectivity index (χ1n) is 9.30. The van der Waals surface area contributed by atoms with E-state index in [-0.39, 0.29) is 0 Å². The lowest BCUT2D eigenvalue weighted by Crippen LogP contribution is -2.24. The molecule has 0 atom stereocenters. The molecule has 0 saturated heterocycles. The zero-order valence-corrected chi connectivity index (χ0v) is 13.5. The van der Waals surface area contributed by atoms with Crippen molar-refractivity contribution in [2.75, 3.05) is 0 Å². The number of aryl methyl sites for hydroxylation is 1. The predicted octanol–water partition coefficient (Wildman–Crippen LogP) is 5.66. The fourth-order valence-corrected chi connectivity index (χ4v) is 6.59. The van der Waals surface area contributed by atoms with Gasteiger partial charge in [-0.25, -0.2) is 0 Å². The maximum atomic E-state index is 2.68. The van der Waals surface area contributed by atoms with Crippen LogP contribution < -0.4 is 0 Å². The molecule has 0 amide bonds. The molecule has 0 nitrogen and oxygen atoms in total. The average Bonchev–Trinajstić information content (AvgIpc) is 3.27. The van der Waals surface area contributed by atoms with E-state index in [4.69, 9.17) is 0 Å². The van der Waals surface area contributed by atoms with E-state index >= 15 is 0 Å². The summed E-state index contributed by atoms with van der Waals surface area (Å²) in [5, 5.41) is 0. The van der Waals surface area contributed by atoms with Crippen molar-refractivity contribution in [1.82, 2.24) is 0 Å². The van der Waals surface area contributed by atoms with E-state index in [9.17, 15) is 0 Å². The van der Waals surface area contributed by atoms with Gasteiger partial charge >= 0.3 is 0 Å². The first kappa shape index (κ1) is 12.7. The van der Waals surface area contributed by atoms with Gasteiger partial charge in [-0.15, -0.1) is 0 Å². The standard InChI is InChI=1S/C21H28/c1-15-10-18(20-6-2-16(13-20)3-7-20)12-19(11-15)21-8-4-17(14-21)5-9-21/h10-12,16-17H,2-9,13-14H2,1H3. The highest BCUT2D eigenvalue weighted by Crippen LogP contribution is 2.58. The Balaban J connectivity index is 1.59. The third kappa shape index (κ3) is 1.74. The Morgan fingerprint density at radius 1 is 0.714 bits per heavy atom. The van der Waals surface area contributed by atoms with Gasteiger partial charge < -0.3 is 0 Å². The molecule has 4 bridgehead atoms. The highest BCUT2D eigenvalue weighted by molar-refractivity contribution is 5.41. The Bertz CT molecular complexity index is 517. The smallest absolute Gasteiger partial charge is 0.00439 e. The molecule has 0 unspecified atom stereocenters. The number of fused-ring (bicyclic) bond motifs is 4. The Morgan fingerprint density at radius 2 is 1.14 bits per heavy atom. The van der Waals surface area contributed by atoms with Gasteiger partial charge in [0.2, 0.25) is 0 Å². The number of hydrogen-bond acceptors (Lipinski definition) is 0. The van der Waals surface area contributed by atoms with E-state index < -0.39 is 0 Å². The highest BCUT2D eigenvalue weighted by atomic mass is 14.5. The second-order valence-electron chi connectivity index (χ2n) is 8.94. The van der Waals surface area contributed by atoms with E-state index in [1.54, 1.807) is 11.1 Å². The molecule has 0 heterocycles. The molecule has 0 heteroatoms. The molecule has 1 aromatic rings. The molecule has 4 saturated carbocycles. The summed E-state index contributed by atoms with van der Waals surface area (Å²) in [6.07, 6.45) is 14.8. The van der Waals surface area contributed by atoms with Crippen LogP contribution in [0.5, 0.6) is 0 Å². The van der Waals surface area contributed by atoms with Crippen LogP contribution in [-0.4, -0.2) is 0 Å². The lowest BCUT2D eigenvalue weighted by Gasteiger charge is -2.32.